The van der Waals surface area contributed by atoms with Crippen molar-refractivity contribution in [2.75, 3.05) is 6.54 Å². The van der Waals surface area contributed by atoms with Gasteiger partial charge in [-0.05, 0) is 59.5 Å². The second kappa shape index (κ2) is 8.46. The molecule has 1 aromatic carbocycles. The van der Waals surface area contributed by atoms with Gasteiger partial charge in [0.15, 0.2) is 0 Å². The van der Waals surface area contributed by atoms with Crippen LogP contribution in [0, 0.1) is 0 Å². The molecule has 0 aromatic heterocycles. The van der Waals surface area contributed by atoms with Crippen molar-refractivity contribution in [1.82, 2.24) is 5.32 Å². The largest absolute Gasteiger partial charge is 0.492 e. The number of nitrogens with two attached hydrogens (primary N) is 1. The van der Waals surface area contributed by atoms with Gasteiger partial charge in [0.25, 0.3) is 0 Å². The molecule has 158 valence electrons. The molecule has 0 radical (unpaired) electrons. The van der Waals surface area contributed by atoms with E-state index in [1.165, 1.54) is 0 Å². The SMILES string of the molecule is CC(C)(C)OC(=O)NCC(=Cc1ccc(C(N)=S)cc1)B1OC(C)(C)C(C)(C)O1. The molecule has 0 saturated carbocycles. The fourth-order valence-electron chi connectivity index (χ4n) is 2.64. The Morgan fingerprint density at radius 2 is 1.69 bits per heavy atom. The van der Waals surface area contributed by atoms with E-state index < -0.39 is 30.0 Å². The molecule has 1 fully saturated rings. The highest BCUT2D eigenvalue weighted by Gasteiger charge is 2.52. The van der Waals surface area contributed by atoms with Crippen molar-refractivity contribution in [1.29, 1.82) is 0 Å². The third-order valence-corrected chi connectivity index (χ3v) is 5.17. The number of hydrogen-bond acceptors (Lipinski definition) is 5. The molecule has 2 rings (SSSR count). The lowest BCUT2D eigenvalue weighted by Crippen LogP contribution is -2.41. The van der Waals surface area contributed by atoms with E-state index in [1.54, 1.807) is 0 Å². The van der Waals surface area contributed by atoms with Gasteiger partial charge in [0, 0.05) is 12.1 Å². The molecule has 29 heavy (non-hydrogen) atoms. The first kappa shape index (κ1) is 23.4. The highest BCUT2D eigenvalue weighted by atomic mass is 32.1. The van der Waals surface area contributed by atoms with Crippen LogP contribution in [0.4, 0.5) is 4.79 Å². The number of carbonyl (C=O) groups is 1. The number of benzene rings is 1. The van der Waals surface area contributed by atoms with E-state index in [9.17, 15) is 4.79 Å². The lowest BCUT2D eigenvalue weighted by atomic mass is 9.77. The van der Waals surface area contributed by atoms with Crippen molar-refractivity contribution >= 4 is 36.5 Å². The molecule has 1 saturated heterocycles. The van der Waals surface area contributed by atoms with Crippen LogP contribution in [0.5, 0.6) is 0 Å². The van der Waals surface area contributed by atoms with Gasteiger partial charge in [0.2, 0.25) is 0 Å². The smallest absolute Gasteiger partial charge is 0.444 e. The summed E-state index contributed by atoms with van der Waals surface area (Å²) < 4.78 is 17.7. The summed E-state index contributed by atoms with van der Waals surface area (Å²) in [6, 6.07) is 7.54. The number of alkyl carbamates (subject to hydrolysis) is 1. The molecule has 0 unspecified atom stereocenters. The van der Waals surface area contributed by atoms with E-state index in [1.807, 2.05) is 78.8 Å². The second-order valence-corrected chi connectivity index (χ2v) is 9.59. The number of thiocarbonyl (C=S) groups is 1. The number of carbonyl (C=O) groups excluding carboxylic acids is 1. The summed E-state index contributed by atoms with van der Waals surface area (Å²) in [6.45, 7) is 13.6. The van der Waals surface area contributed by atoms with Crippen LogP contribution < -0.4 is 11.1 Å². The van der Waals surface area contributed by atoms with Gasteiger partial charge in [-0.1, -0.05) is 42.6 Å². The quantitative estimate of drug-likeness (QED) is 0.558. The first-order valence-electron chi connectivity index (χ1n) is 9.63. The summed E-state index contributed by atoms with van der Waals surface area (Å²) in [5.41, 5.74) is 6.61. The molecule has 1 heterocycles. The molecule has 6 nitrogen and oxygen atoms in total. The van der Waals surface area contributed by atoms with Crippen LogP contribution in [0.1, 0.15) is 59.6 Å². The number of rotatable bonds is 5. The second-order valence-electron chi connectivity index (χ2n) is 9.15. The van der Waals surface area contributed by atoms with Gasteiger partial charge in [-0.25, -0.2) is 4.79 Å². The fraction of sp³-hybridized carbons (Fsp3) is 0.524. The van der Waals surface area contributed by atoms with Gasteiger partial charge in [-0.2, -0.15) is 0 Å². The van der Waals surface area contributed by atoms with E-state index in [-0.39, 0.29) is 6.54 Å². The number of nitrogens with one attached hydrogen (secondary N) is 1. The molecule has 0 bridgehead atoms. The zero-order valence-electron chi connectivity index (χ0n) is 18.3. The molecule has 1 aliphatic heterocycles. The van der Waals surface area contributed by atoms with E-state index in [0.29, 0.717) is 4.99 Å². The summed E-state index contributed by atoms with van der Waals surface area (Å²) in [4.78, 5) is 12.5. The van der Waals surface area contributed by atoms with E-state index in [4.69, 9.17) is 32.0 Å². The molecule has 8 heteroatoms. The molecular weight excluding hydrogens is 387 g/mol. The Hall–Kier alpha value is -1.90. The predicted molar refractivity (Wildman–Crippen MR) is 121 cm³/mol. The van der Waals surface area contributed by atoms with Crippen molar-refractivity contribution in [2.24, 2.45) is 5.73 Å². The van der Waals surface area contributed by atoms with Crippen molar-refractivity contribution in [3.63, 3.8) is 0 Å². The van der Waals surface area contributed by atoms with Gasteiger partial charge in [-0.3, -0.25) is 0 Å². The Bertz CT molecular complexity index is 782. The maximum absolute atomic E-state index is 12.1. The summed E-state index contributed by atoms with van der Waals surface area (Å²) in [7, 11) is -0.592. The van der Waals surface area contributed by atoms with Crippen LogP contribution >= 0.6 is 12.2 Å². The van der Waals surface area contributed by atoms with Crippen molar-refractivity contribution < 1.29 is 18.8 Å². The Balaban J connectivity index is 2.26. The van der Waals surface area contributed by atoms with Gasteiger partial charge in [0.1, 0.15) is 10.6 Å². The maximum atomic E-state index is 12.1. The Labute approximate surface area is 179 Å². The fourth-order valence-corrected chi connectivity index (χ4v) is 2.78. The minimum Gasteiger partial charge on any atom is -0.444 e. The Morgan fingerprint density at radius 3 is 2.14 bits per heavy atom. The van der Waals surface area contributed by atoms with Crippen LogP contribution in [0.15, 0.2) is 29.7 Å². The molecule has 0 atom stereocenters. The Kier molecular flexibility index (Phi) is 6.82. The molecule has 0 aliphatic carbocycles. The third-order valence-electron chi connectivity index (χ3n) is 4.94. The van der Waals surface area contributed by atoms with Gasteiger partial charge >= 0.3 is 13.2 Å². The van der Waals surface area contributed by atoms with Crippen molar-refractivity contribution in [3.05, 3.63) is 40.9 Å². The first-order valence-corrected chi connectivity index (χ1v) is 10.0. The van der Waals surface area contributed by atoms with Crippen LogP contribution in [0.2, 0.25) is 0 Å². The average molecular weight is 418 g/mol. The number of hydrogen-bond donors (Lipinski definition) is 2. The monoisotopic (exact) mass is 418 g/mol. The van der Waals surface area contributed by atoms with Crippen LogP contribution in [-0.4, -0.2) is 41.5 Å². The first-order chi connectivity index (χ1) is 13.2. The zero-order valence-corrected chi connectivity index (χ0v) is 19.1. The topological polar surface area (TPSA) is 82.8 Å². The van der Waals surface area contributed by atoms with E-state index in [0.717, 1.165) is 16.6 Å². The van der Waals surface area contributed by atoms with E-state index >= 15 is 0 Å². The summed E-state index contributed by atoms with van der Waals surface area (Å²) in [6.07, 6.45) is 1.44. The highest BCUT2D eigenvalue weighted by Crippen LogP contribution is 2.38. The summed E-state index contributed by atoms with van der Waals surface area (Å²) in [5.74, 6) is 0. The zero-order chi connectivity index (χ0) is 22.0. The van der Waals surface area contributed by atoms with Crippen LogP contribution in [-0.2, 0) is 14.0 Å². The van der Waals surface area contributed by atoms with Crippen LogP contribution in [0.3, 0.4) is 0 Å². The van der Waals surface area contributed by atoms with Gasteiger partial charge in [0.05, 0.1) is 11.2 Å². The summed E-state index contributed by atoms with van der Waals surface area (Å²) >= 11 is 5.01. The maximum Gasteiger partial charge on any atom is 0.492 e. The predicted octanol–water partition coefficient (Wildman–Crippen LogP) is 3.86. The number of ether oxygens (including phenoxy) is 1. The van der Waals surface area contributed by atoms with Crippen molar-refractivity contribution in [2.45, 2.75) is 65.3 Å². The van der Waals surface area contributed by atoms with Crippen LogP contribution in [0.25, 0.3) is 6.08 Å². The molecule has 0 spiro atoms. The minimum absolute atomic E-state index is 0.225. The molecule has 1 amide bonds. The lowest BCUT2D eigenvalue weighted by molar-refractivity contribution is 0.00578. The number of amides is 1. The van der Waals surface area contributed by atoms with Gasteiger partial charge in [-0.15, -0.1) is 0 Å². The molecule has 1 aliphatic rings. The minimum atomic E-state index is -0.592. The molecular formula is C21H31BN2O4S. The molecule has 1 aromatic rings. The standard InChI is InChI=1S/C21H31BN2O4S/c1-19(2,3)26-18(25)24-13-16(22-27-20(4,5)21(6,7)28-22)12-14-8-10-15(11-9-14)17(23)29/h8-12H,13H2,1-7H3,(H2,23,29)(H,24,25). The van der Waals surface area contributed by atoms with E-state index in [2.05, 4.69) is 5.32 Å². The van der Waals surface area contributed by atoms with Gasteiger partial charge < -0.3 is 25.1 Å². The third kappa shape index (κ3) is 6.29. The summed E-state index contributed by atoms with van der Waals surface area (Å²) in [5, 5.41) is 2.79. The lowest BCUT2D eigenvalue weighted by Gasteiger charge is -2.32. The Morgan fingerprint density at radius 1 is 1.17 bits per heavy atom. The highest BCUT2D eigenvalue weighted by molar-refractivity contribution is 7.80. The molecule has 3 N–H and O–H groups in total. The average Bonchev–Trinajstić information content (AvgIpc) is 2.78. The normalized spacial score (nSPS) is 18.4. The van der Waals surface area contributed by atoms with Crippen molar-refractivity contribution in [3.8, 4) is 0 Å².